The fourth-order valence-corrected chi connectivity index (χ4v) is 1.70. The smallest absolute Gasteiger partial charge is 0.256 e. The van der Waals surface area contributed by atoms with Crippen molar-refractivity contribution in [2.75, 3.05) is 13.1 Å². The van der Waals surface area contributed by atoms with Gasteiger partial charge in [-0.05, 0) is 6.92 Å². The number of aliphatic hydroxyl groups excluding tert-OH is 1. The van der Waals surface area contributed by atoms with Crippen molar-refractivity contribution in [3.05, 3.63) is 28.4 Å². The highest BCUT2D eigenvalue weighted by molar-refractivity contribution is 5.03. The Hall–Kier alpha value is -1.20. The van der Waals surface area contributed by atoms with E-state index in [1.165, 1.54) is 17.1 Å². The highest BCUT2D eigenvalue weighted by Gasteiger charge is 2.27. The summed E-state index contributed by atoms with van der Waals surface area (Å²) in [6, 6.07) is -0.185. The number of hydrogen-bond donors (Lipinski definition) is 2. The van der Waals surface area contributed by atoms with Crippen LogP contribution >= 0.6 is 0 Å². The monoisotopic (exact) mass is 195 g/mol. The third-order valence-electron chi connectivity index (χ3n) is 2.54. The van der Waals surface area contributed by atoms with Crippen LogP contribution in [-0.4, -0.2) is 33.9 Å². The molecule has 1 fully saturated rings. The van der Waals surface area contributed by atoms with Gasteiger partial charge in [-0.15, -0.1) is 0 Å². The van der Waals surface area contributed by atoms with Gasteiger partial charge in [0.1, 0.15) is 0 Å². The summed E-state index contributed by atoms with van der Waals surface area (Å²) in [5.74, 6) is 0. The normalized spacial score (nSPS) is 26.7. The quantitative estimate of drug-likeness (QED) is 0.606. The lowest BCUT2D eigenvalue weighted by Gasteiger charge is -2.16. The number of β-amino-alcohol motifs (C(OH)–C–C–N with tert-alkyl or cyclic N) is 1. The average Bonchev–Trinajstić information content (AvgIpc) is 2.57. The minimum atomic E-state index is -0.503. The molecule has 1 saturated heterocycles. The van der Waals surface area contributed by atoms with Gasteiger partial charge in [0.05, 0.1) is 18.5 Å². The Morgan fingerprint density at radius 3 is 3.07 bits per heavy atom. The van der Waals surface area contributed by atoms with E-state index < -0.39 is 6.10 Å². The van der Waals surface area contributed by atoms with Crippen LogP contribution in [0.15, 0.2) is 17.3 Å². The summed E-state index contributed by atoms with van der Waals surface area (Å²) in [4.78, 5) is 15.6. The van der Waals surface area contributed by atoms with Crippen molar-refractivity contribution in [2.24, 2.45) is 0 Å². The second-order valence-corrected chi connectivity index (χ2v) is 3.58. The number of nitrogens with zero attached hydrogens (tertiary/aromatic N) is 2. The molecule has 14 heavy (non-hydrogen) atoms. The molecular formula is C9H13N3O2. The number of rotatable bonds is 1. The maximum absolute atomic E-state index is 11.7. The zero-order valence-corrected chi connectivity index (χ0v) is 7.97. The van der Waals surface area contributed by atoms with Gasteiger partial charge in [0, 0.05) is 24.8 Å². The molecule has 0 aromatic carbocycles. The SMILES string of the molecule is Cc1cncn(C2CNCC2O)c1=O. The van der Waals surface area contributed by atoms with Crippen LogP contribution in [0.3, 0.4) is 0 Å². The predicted molar refractivity (Wildman–Crippen MR) is 51.1 cm³/mol. The van der Waals surface area contributed by atoms with E-state index in [0.29, 0.717) is 18.7 Å². The first-order valence-electron chi connectivity index (χ1n) is 4.61. The Labute approximate surface area is 81.4 Å². The molecule has 2 unspecified atom stereocenters. The first kappa shape index (κ1) is 9.36. The minimum Gasteiger partial charge on any atom is -0.390 e. The van der Waals surface area contributed by atoms with Crippen LogP contribution in [0.25, 0.3) is 0 Å². The van der Waals surface area contributed by atoms with Gasteiger partial charge in [-0.1, -0.05) is 0 Å². The molecule has 2 atom stereocenters. The van der Waals surface area contributed by atoms with E-state index in [-0.39, 0.29) is 11.6 Å². The Bertz CT molecular complexity index is 388. The first-order chi connectivity index (χ1) is 6.70. The van der Waals surface area contributed by atoms with E-state index in [0.717, 1.165) is 0 Å². The zero-order chi connectivity index (χ0) is 10.1. The number of aliphatic hydroxyl groups is 1. The topological polar surface area (TPSA) is 67.2 Å². The highest BCUT2D eigenvalue weighted by Crippen LogP contribution is 2.12. The predicted octanol–water partition coefficient (Wildman–Crippen LogP) is -0.943. The molecule has 1 aromatic heterocycles. The standard InChI is InChI=1S/C9H13N3O2/c1-6-2-11-5-12(9(6)14)7-3-10-4-8(7)13/h2,5,7-8,10,13H,3-4H2,1H3. The number of nitrogens with one attached hydrogen (secondary N) is 1. The van der Waals surface area contributed by atoms with Crippen molar-refractivity contribution in [3.63, 3.8) is 0 Å². The van der Waals surface area contributed by atoms with Crippen LogP contribution in [0.4, 0.5) is 0 Å². The summed E-state index contributed by atoms with van der Waals surface area (Å²) in [5, 5.41) is 12.6. The van der Waals surface area contributed by atoms with E-state index in [2.05, 4.69) is 10.3 Å². The molecule has 0 saturated carbocycles. The summed E-state index contributed by atoms with van der Waals surface area (Å²) in [5.41, 5.74) is 0.527. The molecule has 1 aliphatic heterocycles. The summed E-state index contributed by atoms with van der Waals surface area (Å²) < 4.78 is 1.50. The van der Waals surface area contributed by atoms with Crippen LogP contribution < -0.4 is 10.9 Å². The lowest BCUT2D eigenvalue weighted by Crippen LogP contribution is -2.32. The fraction of sp³-hybridized carbons (Fsp3) is 0.556. The van der Waals surface area contributed by atoms with Crippen LogP contribution in [0.2, 0.25) is 0 Å². The molecule has 1 aromatic rings. The molecule has 5 nitrogen and oxygen atoms in total. The first-order valence-corrected chi connectivity index (χ1v) is 4.61. The van der Waals surface area contributed by atoms with E-state index in [4.69, 9.17) is 0 Å². The molecule has 0 aliphatic carbocycles. The van der Waals surface area contributed by atoms with Gasteiger partial charge in [-0.2, -0.15) is 0 Å². The van der Waals surface area contributed by atoms with Gasteiger partial charge in [0.2, 0.25) is 0 Å². The molecular weight excluding hydrogens is 182 g/mol. The van der Waals surface area contributed by atoms with Gasteiger partial charge in [-0.25, -0.2) is 4.98 Å². The summed E-state index contributed by atoms with van der Waals surface area (Å²) in [7, 11) is 0. The van der Waals surface area contributed by atoms with Crippen molar-refractivity contribution in [1.82, 2.24) is 14.9 Å². The average molecular weight is 195 g/mol. The molecule has 0 bridgehead atoms. The van der Waals surface area contributed by atoms with Crippen LogP contribution in [0.1, 0.15) is 11.6 Å². The lowest BCUT2D eigenvalue weighted by atomic mass is 10.2. The van der Waals surface area contributed by atoms with Crippen molar-refractivity contribution >= 4 is 0 Å². The van der Waals surface area contributed by atoms with Crippen molar-refractivity contribution in [2.45, 2.75) is 19.1 Å². The number of aryl methyl sites for hydroxylation is 1. The second kappa shape index (κ2) is 3.51. The Balaban J connectivity index is 2.41. The summed E-state index contributed by atoms with van der Waals surface area (Å²) >= 11 is 0. The zero-order valence-electron chi connectivity index (χ0n) is 7.97. The Morgan fingerprint density at radius 1 is 1.64 bits per heavy atom. The van der Waals surface area contributed by atoms with Crippen molar-refractivity contribution in [3.8, 4) is 0 Å². The molecule has 76 valence electrons. The van der Waals surface area contributed by atoms with E-state index >= 15 is 0 Å². The van der Waals surface area contributed by atoms with E-state index in [9.17, 15) is 9.90 Å². The third-order valence-corrected chi connectivity index (χ3v) is 2.54. The largest absolute Gasteiger partial charge is 0.390 e. The minimum absolute atomic E-state index is 0.0762. The second-order valence-electron chi connectivity index (χ2n) is 3.58. The summed E-state index contributed by atoms with van der Waals surface area (Å²) in [6.07, 6.45) is 2.51. The van der Waals surface area contributed by atoms with Crippen LogP contribution in [-0.2, 0) is 0 Å². The van der Waals surface area contributed by atoms with Crippen molar-refractivity contribution < 1.29 is 5.11 Å². The number of hydrogen-bond acceptors (Lipinski definition) is 4. The molecule has 2 heterocycles. The van der Waals surface area contributed by atoms with Gasteiger partial charge in [-0.3, -0.25) is 9.36 Å². The van der Waals surface area contributed by atoms with Crippen molar-refractivity contribution in [1.29, 1.82) is 0 Å². The molecule has 0 amide bonds. The van der Waals surface area contributed by atoms with Gasteiger partial charge >= 0.3 is 0 Å². The molecule has 0 radical (unpaired) electrons. The molecule has 1 aliphatic rings. The number of aromatic nitrogens is 2. The van der Waals surface area contributed by atoms with Gasteiger partial charge in [0.25, 0.3) is 5.56 Å². The van der Waals surface area contributed by atoms with Crippen LogP contribution in [0, 0.1) is 6.92 Å². The van der Waals surface area contributed by atoms with Gasteiger partial charge < -0.3 is 10.4 Å². The summed E-state index contributed by atoms with van der Waals surface area (Å²) in [6.45, 7) is 2.87. The Kier molecular flexibility index (Phi) is 2.35. The van der Waals surface area contributed by atoms with Crippen LogP contribution in [0.5, 0.6) is 0 Å². The Morgan fingerprint density at radius 2 is 2.43 bits per heavy atom. The molecule has 2 N–H and O–H groups in total. The van der Waals surface area contributed by atoms with E-state index in [1.54, 1.807) is 6.92 Å². The third kappa shape index (κ3) is 1.44. The van der Waals surface area contributed by atoms with E-state index in [1.807, 2.05) is 0 Å². The lowest BCUT2D eigenvalue weighted by molar-refractivity contribution is 0.148. The fourth-order valence-electron chi connectivity index (χ4n) is 1.70. The maximum Gasteiger partial charge on any atom is 0.256 e. The molecule has 0 spiro atoms. The molecule has 5 heteroatoms. The van der Waals surface area contributed by atoms with Gasteiger partial charge in [0.15, 0.2) is 0 Å². The highest BCUT2D eigenvalue weighted by atomic mass is 16.3. The maximum atomic E-state index is 11.7. The molecule has 2 rings (SSSR count).